The first-order valence-corrected chi connectivity index (χ1v) is 8.33. The third kappa shape index (κ3) is 2.43. The number of hydrogen-bond donors (Lipinski definition) is 1. The Morgan fingerprint density at radius 3 is 2.33 bits per heavy atom. The first-order valence-electron chi connectivity index (χ1n) is 6.89. The summed E-state index contributed by atoms with van der Waals surface area (Å²) < 4.78 is 26.6. The maximum Gasteiger partial charge on any atom is 0.289 e. The predicted molar refractivity (Wildman–Crippen MR) is 76.4 cm³/mol. The Bertz CT molecular complexity index is 660. The number of nitro groups is 1. The molecule has 2 saturated heterocycles. The van der Waals surface area contributed by atoms with Crippen LogP contribution in [0, 0.1) is 15.5 Å². The summed E-state index contributed by atoms with van der Waals surface area (Å²) in [4.78, 5) is 10.2. The molecule has 2 fully saturated rings. The number of sulfonamides is 1. The molecule has 21 heavy (non-hydrogen) atoms. The lowest BCUT2D eigenvalue weighted by atomic mass is 9.74. The molecule has 2 heterocycles. The lowest BCUT2D eigenvalue weighted by Gasteiger charge is -2.47. The van der Waals surface area contributed by atoms with E-state index < -0.39 is 14.9 Å². The van der Waals surface area contributed by atoms with Crippen molar-refractivity contribution in [3.8, 4) is 0 Å². The summed E-state index contributed by atoms with van der Waals surface area (Å²) >= 11 is 0. The van der Waals surface area contributed by atoms with Gasteiger partial charge in [0.15, 0.2) is 4.90 Å². The number of para-hydroxylation sites is 1. The highest BCUT2D eigenvalue weighted by molar-refractivity contribution is 7.89. The topological polar surface area (TPSA) is 92.5 Å². The fourth-order valence-electron chi connectivity index (χ4n) is 3.00. The van der Waals surface area contributed by atoms with E-state index in [0.29, 0.717) is 13.1 Å². The van der Waals surface area contributed by atoms with Crippen molar-refractivity contribution in [2.45, 2.75) is 17.7 Å². The van der Waals surface area contributed by atoms with Crippen LogP contribution in [-0.4, -0.2) is 43.8 Å². The van der Waals surface area contributed by atoms with Gasteiger partial charge in [-0.1, -0.05) is 12.1 Å². The molecule has 1 aromatic rings. The van der Waals surface area contributed by atoms with Gasteiger partial charge in [-0.05, 0) is 24.3 Å². The van der Waals surface area contributed by atoms with Gasteiger partial charge in [0.05, 0.1) is 4.92 Å². The van der Waals surface area contributed by atoms with E-state index in [-0.39, 0.29) is 16.0 Å². The molecule has 114 valence electrons. The van der Waals surface area contributed by atoms with E-state index in [4.69, 9.17) is 0 Å². The van der Waals surface area contributed by atoms with Gasteiger partial charge in [-0.15, -0.1) is 0 Å². The number of benzene rings is 1. The van der Waals surface area contributed by atoms with Crippen molar-refractivity contribution in [1.29, 1.82) is 0 Å². The van der Waals surface area contributed by atoms with E-state index in [9.17, 15) is 18.5 Å². The Kier molecular flexibility index (Phi) is 3.46. The zero-order valence-corrected chi connectivity index (χ0v) is 12.3. The third-order valence-corrected chi connectivity index (χ3v) is 6.41. The number of nitrogens with one attached hydrogen (secondary N) is 1. The molecule has 7 nitrogen and oxygen atoms in total. The van der Waals surface area contributed by atoms with Gasteiger partial charge >= 0.3 is 0 Å². The van der Waals surface area contributed by atoms with Crippen LogP contribution in [0.2, 0.25) is 0 Å². The maximum atomic E-state index is 12.6. The molecule has 1 N–H and O–H groups in total. The summed E-state index contributed by atoms with van der Waals surface area (Å²) in [5.41, 5.74) is -0.127. The Morgan fingerprint density at radius 2 is 1.81 bits per heavy atom. The van der Waals surface area contributed by atoms with Gasteiger partial charge in [0.1, 0.15) is 0 Å². The third-order valence-electron chi connectivity index (χ3n) is 4.46. The van der Waals surface area contributed by atoms with Crippen molar-refractivity contribution in [1.82, 2.24) is 9.62 Å². The van der Waals surface area contributed by atoms with E-state index >= 15 is 0 Å². The van der Waals surface area contributed by atoms with Crippen LogP contribution in [0.3, 0.4) is 0 Å². The van der Waals surface area contributed by atoms with E-state index in [1.54, 1.807) is 0 Å². The molecule has 0 aromatic heterocycles. The molecule has 0 atom stereocenters. The summed E-state index contributed by atoms with van der Waals surface area (Å²) in [7, 11) is -3.80. The summed E-state index contributed by atoms with van der Waals surface area (Å²) in [6, 6.07) is 5.53. The molecule has 3 rings (SSSR count). The van der Waals surface area contributed by atoms with Gasteiger partial charge in [-0.25, -0.2) is 8.42 Å². The number of hydrogen-bond acceptors (Lipinski definition) is 5. The Labute approximate surface area is 123 Å². The van der Waals surface area contributed by atoms with Crippen LogP contribution in [0.5, 0.6) is 0 Å². The van der Waals surface area contributed by atoms with Crippen LogP contribution in [0.15, 0.2) is 29.2 Å². The standard InChI is InChI=1S/C13H17N3O4S/c17-16(18)11-3-1-2-4-12(11)21(19,20)15-7-5-13(6-8-15)9-14-10-13/h1-4,14H,5-10H2. The summed E-state index contributed by atoms with van der Waals surface area (Å²) in [6.45, 7) is 2.73. The van der Waals surface area contributed by atoms with Crippen LogP contribution < -0.4 is 5.32 Å². The van der Waals surface area contributed by atoms with E-state index in [1.807, 2.05) is 0 Å². The second-order valence-electron chi connectivity index (χ2n) is 5.73. The van der Waals surface area contributed by atoms with Gasteiger partial charge < -0.3 is 5.32 Å². The van der Waals surface area contributed by atoms with Crippen molar-refractivity contribution in [2.24, 2.45) is 5.41 Å². The van der Waals surface area contributed by atoms with Crippen molar-refractivity contribution >= 4 is 15.7 Å². The van der Waals surface area contributed by atoms with Gasteiger partial charge in [0.25, 0.3) is 5.69 Å². The zero-order chi connectivity index (χ0) is 15.1. The predicted octanol–water partition coefficient (Wildman–Crippen LogP) is 0.969. The smallest absolute Gasteiger partial charge is 0.289 e. The van der Waals surface area contributed by atoms with Crippen molar-refractivity contribution in [3.63, 3.8) is 0 Å². The minimum absolute atomic E-state index is 0.210. The van der Waals surface area contributed by atoms with Crippen molar-refractivity contribution in [3.05, 3.63) is 34.4 Å². The lowest BCUT2D eigenvalue weighted by molar-refractivity contribution is -0.387. The number of nitro benzene ring substituents is 1. The molecular weight excluding hydrogens is 294 g/mol. The van der Waals surface area contributed by atoms with E-state index in [2.05, 4.69) is 5.32 Å². The average Bonchev–Trinajstić information content (AvgIpc) is 2.45. The summed E-state index contributed by atoms with van der Waals surface area (Å²) in [6.07, 6.45) is 1.61. The summed E-state index contributed by atoms with van der Waals surface area (Å²) in [5, 5.41) is 14.2. The molecule has 2 aliphatic heterocycles. The molecule has 0 saturated carbocycles. The highest BCUT2D eigenvalue weighted by Gasteiger charge is 2.43. The van der Waals surface area contributed by atoms with Gasteiger partial charge in [-0.2, -0.15) is 4.31 Å². The van der Waals surface area contributed by atoms with Crippen LogP contribution in [0.1, 0.15) is 12.8 Å². The second-order valence-corrected chi connectivity index (χ2v) is 7.64. The summed E-state index contributed by atoms with van der Waals surface area (Å²) in [5.74, 6) is 0. The Morgan fingerprint density at radius 1 is 1.19 bits per heavy atom. The largest absolute Gasteiger partial charge is 0.316 e. The SMILES string of the molecule is O=[N+]([O-])c1ccccc1S(=O)(=O)N1CCC2(CC1)CNC2. The Balaban J connectivity index is 1.86. The fraction of sp³-hybridized carbons (Fsp3) is 0.538. The van der Waals surface area contributed by atoms with E-state index in [1.165, 1.54) is 28.6 Å². The zero-order valence-electron chi connectivity index (χ0n) is 11.5. The molecule has 0 aliphatic carbocycles. The molecule has 8 heteroatoms. The molecule has 0 radical (unpaired) electrons. The fourth-order valence-corrected chi connectivity index (χ4v) is 4.60. The molecule has 1 aromatic carbocycles. The first-order chi connectivity index (χ1) is 9.95. The van der Waals surface area contributed by atoms with Crippen LogP contribution in [0.25, 0.3) is 0 Å². The maximum absolute atomic E-state index is 12.6. The molecular formula is C13H17N3O4S. The normalized spacial score (nSPS) is 21.9. The Hall–Kier alpha value is -1.51. The highest BCUT2D eigenvalue weighted by Crippen LogP contribution is 2.37. The monoisotopic (exact) mass is 311 g/mol. The molecule has 0 bridgehead atoms. The highest BCUT2D eigenvalue weighted by atomic mass is 32.2. The molecule has 2 aliphatic rings. The number of rotatable bonds is 3. The molecule has 0 unspecified atom stereocenters. The van der Waals surface area contributed by atoms with Gasteiger partial charge in [-0.3, -0.25) is 10.1 Å². The van der Waals surface area contributed by atoms with Crippen molar-refractivity contribution < 1.29 is 13.3 Å². The molecule has 1 spiro atoms. The minimum Gasteiger partial charge on any atom is -0.316 e. The second kappa shape index (κ2) is 5.04. The van der Waals surface area contributed by atoms with E-state index in [0.717, 1.165) is 25.9 Å². The number of nitrogens with zero attached hydrogens (tertiary/aromatic N) is 2. The van der Waals surface area contributed by atoms with Gasteiger partial charge in [0.2, 0.25) is 10.0 Å². The van der Waals surface area contributed by atoms with Crippen molar-refractivity contribution in [2.75, 3.05) is 26.2 Å². The average molecular weight is 311 g/mol. The quantitative estimate of drug-likeness (QED) is 0.663. The molecule has 0 amide bonds. The van der Waals surface area contributed by atoms with Crippen LogP contribution >= 0.6 is 0 Å². The van der Waals surface area contributed by atoms with Crippen LogP contribution in [-0.2, 0) is 10.0 Å². The minimum atomic E-state index is -3.80. The van der Waals surface area contributed by atoms with Crippen LogP contribution in [0.4, 0.5) is 5.69 Å². The number of piperidine rings is 1. The van der Waals surface area contributed by atoms with Gasteiger partial charge in [0, 0.05) is 32.2 Å². The lowest BCUT2D eigenvalue weighted by Crippen LogP contribution is -2.58. The first kappa shape index (κ1) is 14.4.